The molecule has 10 heteroatoms. The van der Waals surface area contributed by atoms with Gasteiger partial charge in [0.1, 0.15) is 16.0 Å². The van der Waals surface area contributed by atoms with E-state index in [1.54, 1.807) is 0 Å². The summed E-state index contributed by atoms with van der Waals surface area (Å²) >= 11 is 7.26. The van der Waals surface area contributed by atoms with Crippen molar-refractivity contribution in [3.05, 3.63) is 94.6 Å². The van der Waals surface area contributed by atoms with Crippen LogP contribution in [0.3, 0.4) is 0 Å². The first-order chi connectivity index (χ1) is 20.5. The molecule has 2 aliphatic heterocycles. The van der Waals surface area contributed by atoms with Gasteiger partial charge >= 0.3 is 6.03 Å². The van der Waals surface area contributed by atoms with Crippen LogP contribution in [0.25, 0.3) is 21.3 Å². The predicted octanol–water partition coefficient (Wildman–Crippen LogP) is 7.93. The van der Waals surface area contributed by atoms with Crippen LogP contribution in [0.1, 0.15) is 34.5 Å². The van der Waals surface area contributed by atoms with Crippen molar-refractivity contribution in [3.8, 4) is 11.1 Å². The number of likely N-dealkylation sites (tertiary alicyclic amines) is 1. The van der Waals surface area contributed by atoms with E-state index in [1.807, 2.05) is 60.7 Å². The molecule has 2 aromatic heterocycles. The number of anilines is 4. The number of piperidine rings is 1. The lowest BCUT2D eigenvalue weighted by Crippen LogP contribution is -2.35. The van der Waals surface area contributed by atoms with E-state index in [0.717, 1.165) is 30.8 Å². The van der Waals surface area contributed by atoms with Crippen LogP contribution in [0.4, 0.5) is 27.7 Å². The van der Waals surface area contributed by atoms with Crippen LogP contribution in [-0.2, 0) is 6.54 Å². The Kier molecular flexibility index (Phi) is 7.07. The zero-order valence-electron chi connectivity index (χ0n) is 22.6. The first-order valence-electron chi connectivity index (χ1n) is 13.9. The molecular formula is C32H27ClN6O2S. The van der Waals surface area contributed by atoms with Gasteiger partial charge in [0.25, 0.3) is 5.91 Å². The number of nitrogens with one attached hydrogen (secondary N) is 2. The molecule has 1 fully saturated rings. The number of hydrogen-bond acceptors (Lipinski definition) is 6. The van der Waals surface area contributed by atoms with E-state index in [0.29, 0.717) is 43.0 Å². The molecule has 0 bridgehead atoms. The molecule has 2 aliphatic rings. The Hall–Kier alpha value is -4.31. The van der Waals surface area contributed by atoms with Crippen molar-refractivity contribution in [2.45, 2.75) is 25.8 Å². The Bertz CT molecular complexity index is 1780. The Morgan fingerprint density at radius 1 is 0.905 bits per heavy atom. The maximum Gasteiger partial charge on any atom is 0.332 e. The second-order valence-corrected chi connectivity index (χ2v) is 11.9. The summed E-state index contributed by atoms with van der Waals surface area (Å²) in [5.74, 6) is 0.138. The van der Waals surface area contributed by atoms with Crippen LogP contribution >= 0.6 is 22.9 Å². The lowest BCUT2D eigenvalue weighted by atomic mass is 10.1. The number of aromatic nitrogens is 2. The minimum atomic E-state index is -0.392. The smallest absolute Gasteiger partial charge is 0.321 e. The van der Waals surface area contributed by atoms with Crippen molar-refractivity contribution in [1.29, 1.82) is 0 Å². The third kappa shape index (κ3) is 5.11. The molecule has 3 aromatic carbocycles. The van der Waals surface area contributed by atoms with E-state index < -0.39 is 6.03 Å². The van der Waals surface area contributed by atoms with Gasteiger partial charge in [0.05, 0.1) is 16.8 Å². The lowest BCUT2D eigenvalue weighted by molar-refractivity contribution is 0.103. The van der Waals surface area contributed by atoms with Crippen LogP contribution in [-0.4, -0.2) is 39.9 Å². The molecule has 0 radical (unpaired) electrons. The van der Waals surface area contributed by atoms with Gasteiger partial charge in [0.2, 0.25) is 0 Å². The quantitative estimate of drug-likeness (QED) is 0.208. The van der Waals surface area contributed by atoms with E-state index in [-0.39, 0.29) is 5.91 Å². The van der Waals surface area contributed by atoms with E-state index in [9.17, 15) is 9.59 Å². The summed E-state index contributed by atoms with van der Waals surface area (Å²) in [5.41, 5.74) is 5.02. The first-order valence-corrected chi connectivity index (χ1v) is 15.1. The molecule has 2 N–H and O–H groups in total. The lowest BCUT2D eigenvalue weighted by Gasteiger charge is -2.27. The number of thiophene rings is 1. The normalized spacial score (nSPS) is 15.1. The number of benzene rings is 3. The van der Waals surface area contributed by atoms with Gasteiger partial charge in [-0.3, -0.25) is 9.69 Å². The largest absolute Gasteiger partial charge is 0.332 e. The van der Waals surface area contributed by atoms with Gasteiger partial charge in [0, 0.05) is 17.3 Å². The second-order valence-electron chi connectivity index (χ2n) is 10.5. The summed E-state index contributed by atoms with van der Waals surface area (Å²) in [6, 6.07) is 22.8. The number of nitrogens with zero attached hydrogens (tertiary/aromatic N) is 4. The van der Waals surface area contributed by atoms with Gasteiger partial charge in [-0.25, -0.2) is 19.7 Å². The number of carbonyl (C=O) groups is 2. The first kappa shape index (κ1) is 26.6. The molecule has 0 spiro atoms. The maximum absolute atomic E-state index is 13.4. The molecule has 4 heterocycles. The number of halogens is 1. The van der Waals surface area contributed by atoms with Crippen LogP contribution in [0.5, 0.6) is 0 Å². The average molecular weight is 595 g/mol. The summed E-state index contributed by atoms with van der Waals surface area (Å²) in [5, 5.41) is 7.24. The minimum absolute atomic E-state index is 0.302. The van der Waals surface area contributed by atoms with Gasteiger partial charge in [-0.15, -0.1) is 11.3 Å². The molecule has 210 valence electrons. The number of amides is 3. The molecule has 5 aromatic rings. The Balaban J connectivity index is 1.13. The Morgan fingerprint density at radius 3 is 2.31 bits per heavy atom. The number of rotatable bonds is 6. The highest BCUT2D eigenvalue weighted by Crippen LogP contribution is 2.45. The highest BCUT2D eigenvalue weighted by molar-refractivity contribution is 7.21. The van der Waals surface area contributed by atoms with Crippen molar-refractivity contribution >= 4 is 68.0 Å². The van der Waals surface area contributed by atoms with Crippen molar-refractivity contribution in [2.75, 3.05) is 28.6 Å². The Labute approximate surface area is 252 Å². The van der Waals surface area contributed by atoms with Crippen molar-refractivity contribution < 1.29 is 9.59 Å². The second kappa shape index (κ2) is 11.2. The fraction of sp³-hybridized carbons (Fsp3) is 0.188. The summed E-state index contributed by atoms with van der Waals surface area (Å²) in [4.78, 5) is 40.7. The zero-order valence-corrected chi connectivity index (χ0v) is 24.2. The van der Waals surface area contributed by atoms with Crippen LogP contribution < -0.4 is 15.5 Å². The van der Waals surface area contributed by atoms with Crippen LogP contribution in [0, 0.1) is 0 Å². The Morgan fingerprint density at radius 2 is 1.60 bits per heavy atom. The third-order valence-corrected chi connectivity index (χ3v) is 9.04. The highest BCUT2D eigenvalue weighted by Gasteiger charge is 2.33. The zero-order chi connectivity index (χ0) is 28.6. The van der Waals surface area contributed by atoms with Gasteiger partial charge in [-0.1, -0.05) is 54.4 Å². The van der Waals surface area contributed by atoms with Gasteiger partial charge in [0.15, 0.2) is 5.82 Å². The minimum Gasteiger partial charge on any atom is -0.321 e. The topological polar surface area (TPSA) is 90.5 Å². The van der Waals surface area contributed by atoms with Crippen LogP contribution in [0.2, 0.25) is 5.02 Å². The monoisotopic (exact) mass is 594 g/mol. The number of carbonyl (C=O) groups excluding carboxylic acids is 2. The molecule has 1 saturated heterocycles. The molecule has 42 heavy (non-hydrogen) atoms. The summed E-state index contributed by atoms with van der Waals surface area (Å²) < 4.78 is 0. The third-order valence-electron chi connectivity index (χ3n) is 7.69. The summed E-state index contributed by atoms with van der Waals surface area (Å²) in [7, 11) is 0. The number of urea groups is 1. The molecular weight excluding hydrogens is 568 g/mol. The molecule has 8 nitrogen and oxygen atoms in total. The van der Waals surface area contributed by atoms with Crippen molar-refractivity contribution in [2.24, 2.45) is 0 Å². The maximum atomic E-state index is 13.4. The van der Waals surface area contributed by atoms with Crippen molar-refractivity contribution in [1.82, 2.24) is 14.9 Å². The van der Waals surface area contributed by atoms with E-state index in [2.05, 4.69) is 37.6 Å². The number of hydrogen-bond donors (Lipinski definition) is 2. The molecule has 0 atom stereocenters. The fourth-order valence-electron chi connectivity index (χ4n) is 5.57. The summed E-state index contributed by atoms with van der Waals surface area (Å²) in [6.07, 6.45) is 5.24. The summed E-state index contributed by atoms with van der Waals surface area (Å²) in [6.45, 7) is 3.19. The predicted molar refractivity (Wildman–Crippen MR) is 169 cm³/mol. The molecule has 3 amide bonds. The van der Waals surface area contributed by atoms with E-state index in [1.165, 1.54) is 47.4 Å². The molecule has 0 saturated carbocycles. The fourth-order valence-corrected chi connectivity index (χ4v) is 6.68. The van der Waals surface area contributed by atoms with Crippen molar-refractivity contribution in [3.63, 3.8) is 0 Å². The highest BCUT2D eigenvalue weighted by atomic mass is 35.5. The van der Waals surface area contributed by atoms with Gasteiger partial charge in [-0.2, -0.15) is 0 Å². The molecule has 0 unspecified atom stereocenters. The molecule has 0 aliphatic carbocycles. The molecule has 7 rings (SSSR count). The SMILES string of the molecule is O=C(Nc1ccc(CN2CCCCC2)cc1)c1sc2ncnc3c2c1NC(=O)N3c1ccc(-c2ccc(Cl)cc2)cc1. The van der Waals surface area contributed by atoms with E-state index in [4.69, 9.17) is 11.6 Å². The van der Waals surface area contributed by atoms with Gasteiger partial charge in [-0.05, 0) is 79.0 Å². The van der Waals surface area contributed by atoms with E-state index >= 15 is 0 Å². The van der Waals surface area contributed by atoms with Gasteiger partial charge < -0.3 is 10.6 Å². The van der Waals surface area contributed by atoms with Crippen LogP contribution in [0.15, 0.2) is 79.1 Å². The average Bonchev–Trinajstić information content (AvgIpc) is 3.39. The standard InChI is InChI=1S/C32H27ClN6O2S/c33-23-10-6-21(7-11-23)22-8-14-25(15-9-22)39-29-26-27(37-32(39)41)28(42-31(26)35-19-34-29)30(40)36-24-12-4-20(5-13-24)18-38-16-2-1-3-17-38/h4-15,19H,1-3,16-18H2,(H,36,40)(H,37,41).